The average molecular weight is 329 g/mol. The van der Waals surface area contributed by atoms with Gasteiger partial charge in [0.25, 0.3) is 0 Å². The Hall–Kier alpha value is -1.48. The summed E-state index contributed by atoms with van der Waals surface area (Å²) in [6, 6.07) is 8.88. The first-order chi connectivity index (χ1) is 11.1. The maximum Gasteiger partial charge on any atom is 0.134 e. The Labute approximate surface area is 145 Å². The van der Waals surface area contributed by atoms with Gasteiger partial charge in [0, 0.05) is 23.4 Å². The van der Waals surface area contributed by atoms with Gasteiger partial charge in [-0.05, 0) is 42.5 Å². The second-order valence-electron chi connectivity index (χ2n) is 9.41. The lowest BCUT2D eigenvalue weighted by atomic mass is 9.87. The van der Waals surface area contributed by atoms with E-state index in [4.69, 9.17) is 9.15 Å². The van der Waals surface area contributed by atoms with E-state index in [1.807, 2.05) is 12.1 Å². The van der Waals surface area contributed by atoms with E-state index >= 15 is 0 Å². The van der Waals surface area contributed by atoms with Gasteiger partial charge in [-0.1, -0.05) is 41.5 Å². The molecule has 0 aliphatic heterocycles. The van der Waals surface area contributed by atoms with Crippen molar-refractivity contribution in [1.29, 1.82) is 0 Å². The summed E-state index contributed by atoms with van der Waals surface area (Å²) in [4.78, 5) is 0. The van der Waals surface area contributed by atoms with Gasteiger partial charge in [-0.15, -0.1) is 0 Å². The molecule has 2 aromatic rings. The third-order valence-corrected chi connectivity index (χ3v) is 4.55. The van der Waals surface area contributed by atoms with Crippen LogP contribution in [0.1, 0.15) is 60.1 Å². The number of benzene rings is 1. The van der Waals surface area contributed by atoms with Gasteiger partial charge in [0.05, 0.1) is 0 Å². The molecule has 132 valence electrons. The Morgan fingerprint density at radius 3 is 2.42 bits per heavy atom. The molecule has 0 radical (unpaired) electrons. The fourth-order valence-electron chi connectivity index (χ4n) is 2.94. The summed E-state index contributed by atoms with van der Waals surface area (Å²) in [7, 11) is 0. The monoisotopic (exact) mass is 329 g/mol. The zero-order chi connectivity index (χ0) is 17.5. The normalized spacial score (nSPS) is 21.8. The minimum absolute atomic E-state index is 0.0277. The molecule has 1 aromatic heterocycles. The zero-order valence-corrected chi connectivity index (χ0v) is 15.9. The Kier molecular flexibility index (Phi) is 4.41. The predicted octanol–water partition coefficient (Wildman–Crippen LogP) is 5.28. The van der Waals surface area contributed by atoms with Crippen molar-refractivity contribution >= 4 is 11.0 Å². The standard InChI is InChI=1S/C21H31NO2/c1-20(2,3)13-22-15-11-17(12-15)23-16-7-8-18-14(9-16)10-19(24-18)21(4,5)6/h7-10,15,17,22H,11-13H2,1-6H3/t15-,17+. The van der Waals surface area contributed by atoms with Crippen molar-refractivity contribution in [1.82, 2.24) is 5.32 Å². The van der Waals surface area contributed by atoms with Crippen LogP contribution in [0.25, 0.3) is 11.0 Å². The fourth-order valence-corrected chi connectivity index (χ4v) is 2.94. The molecule has 24 heavy (non-hydrogen) atoms. The lowest BCUT2D eigenvalue weighted by molar-refractivity contribution is 0.0808. The van der Waals surface area contributed by atoms with Crippen LogP contribution in [0.4, 0.5) is 0 Å². The predicted molar refractivity (Wildman–Crippen MR) is 99.8 cm³/mol. The molecule has 3 rings (SSSR count). The zero-order valence-electron chi connectivity index (χ0n) is 15.9. The topological polar surface area (TPSA) is 34.4 Å². The Morgan fingerprint density at radius 1 is 1.08 bits per heavy atom. The highest BCUT2D eigenvalue weighted by atomic mass is 16.5. The van der Waals surface area contributed by atoms with Crippen LogP contribution in [-0.4, -0.2) is 18.7 Å². The highest BCUT2D eigenvalue weighted by Gasteiger charge is 2.31. The second-order valence-corrected chi connectivity index (χ2v) is 9.41. The maximum absolute atomic E-state index is 6.13. The lowest BCUT2D eigenvalue weighted by Crippen LogP contribution is -2.48. The summed E-state index contributed by atoms with van der Waals surface area (Å²) in [5.41, 5.74) is 1.30. The van der Waals surface area contributed by atoms with Crippen molar-refractivity contribution in [3.63, 3.8) is 0 Å². The maximum atomic E-state index is 6.13. The molecule has 1 aliphatic rings. The van der Waals surface area contributed by atoms with Crippen molar-refractivity contribution in [3.8, 4) is 5.75 Å². The molecular weight excluding hydrogens is 298 g/mol. The molecule has 1 N–H and O–H groups in total. The van der Waals surface area contributed by atoms with Gasteiger partial charge in [-0.25, -0.2) is 0 Å². The molecule has 1 heterocycles. The summed E-state index contributed by atoms with van der Waals surface area (Å²) in [6.45, 7) is 14.3. The highest BCUT2D eigenvalue weighted by molar-refractivity contribution is 5.79. The van der Waals surface area contributed by atoms with E-state index in [-0.39, 0.29) is 5.41 Å². The van der Waals surface area contributed by atoms with Gasteiger partial charge < -0.3 is 14.5 Å². The lowest BCUT2D eigenvalue weighted by Gasteiger charge is -2.37. The van der Waals surface area contributed by atoms with Crippen LogP contribution in [0.5, 0.6) is 5.75 Å². The van der Waals surface area contributed by atoms with Gasteiger partial charge in [0.2, 0.25) is 0 Å². The number of hydrogen-bond donors (Lipinski definition) is 1. The molecule has 0 amide bonds. The molecule has 1 saturated carbocycles. The first-order valence-electron chi connectivity index (χ1n) is 9.04. The summed E-state index contributed by atoms with van der Waals surface area (Å²) in [6.07, 6.45) is 2.51. The molecule has 0 unspecified atom stereocenters. The smallest absolute Gasteiger partial charge is 0.134 e. The molecule has 0 saturated heterocycles. The molecular formula is C21H31NO2. The summed E-state index contributed by atoms with van der Waals surface area (Å²) in [5.74, 6) is 1.97. The Morgan fingerprint density at radius 2 is 1.79 bits per heavy atom. The minimum Gasteiger partial charge on any atom is -0.490 e. The fraction of sp³-hybridized carbons (Fsp3) is 0.619. The highest BCUT2D eigenvalue weighted by Crippen LogP contribution is 2.33. The molecule has 0 spiro atoms. The van der Waals surface area contributed by atoms with Gasteiger partial charge in [-0.3, -0.25) is 0 Å². The number of furan rings is 1. The van der Waals surface area contributed by atoms with E-state index in [9.17, 15) is 0 Å². The number of fused-ring (bicyclic) bond motifs is 1. The Bertz CT molecular complexity index is 697. The van der Waals surface area contributed by atoms with E-state index < -0.39 is 0 Å². The van der Waals surface area contributed by atoms with E-state index in [2.05, 4.69) is 59.0 Å². The number of hydrogen-bond acceptors (Lipinski definition) is 3. The van der Waals surface area contributed by atoms with Crippen LogP contribution in [-0.2, 0) is 5.41 Å². The molecule has 3 nitrogen and oxygen atoms in total. The van der Waals surface area contributed by atoms with E-state index in [1.165, 1.54) is 0 Å². The molecule has 1 aliphatic carbocycles. The van der Waals surface area contributed by atoms with Crippen molar-refractivity contribution in [2.24, 2.45) is 5.41 Å². The summed E-state index contributed by atoms with van der Waals surface area (Å²) < 4.78 is 12.1. The van der Waals surface area contributed by atoms with Crippen LogP contribution in [0, 0.1) is 5.41 Å². The number of nitrogens with one attached hydrogen (secondary N) is 1. The van der Waals surface area contributed by atoms with E-state index in [0.717, 1.165) is 41.9 Å². The molecule has 3 heteroatoms. The van der Waals surface area contributed by atoms with Crippen LogP contribution in [0.15, 0.2) is 28.7 Å². The van der Waals surface area contributed by atoms with Crippen molar-refractivity contribution in [3.05, 3.63) is 30.0 Å². The molecule has 1 fully saturated rings. The van der Waals surface area contributed by atoms with Crippen molar-refractivity contribution in [2.45, 2.75) is 71.9 Å². The van der Waals surface area contributed by atoms with Crippen LogP contribution in [0.2, 0.25) is 0 Å². The van der Waals surface area contributed by atoms with Crippen molar-refractivity contribution < 1.29 is 9.15 Å². The van der Waals surface area contributed by atoms with Gasteiger partial charge in [0.1, 0.15) is 23.2 Å². The van der Waals surface area contributed by atoms with E-state index in [0.29, 0.717) is 17.6 Å². The first kappa shape index (κ1) is 17.3. The molecule has 0 bridgehead atoms. The Balaban J connectivity index is 1.57. The quantitative estimate of drug-likeness (QED) is 0.829. The van der Waals surface area contributed by atoms with Gasteiger partial charge in [-0.2, -0.15) is 0 Å². The SMILES string of the molecule is CC(C)(C)CN[C@H]1C[C@@H](Oc2ccc3oc(C(C)(C)C)cc3c2)C1. The van der Waals surface area contributed by atoms with Gasteiger partial charge >= 0.3 is 0 Å². The first-order valence-corrected chi connectivity index (χ1v) is 9.04. The number of rotatable bonds is 4. The third kappa shape index (κ3) is 4.13. The summed E-state index contributed by atoms with van der Waals surface area (Å²) in [5, 5.41) is 4.75. The van der Waals surface area contributed by atoms with Crippen LogP contribution < -0.4 is 10.1 Å². The average Bonchev–Trinajstić information content (AvgIpc) is 2.83. The summed E-state index contributed by atoms with van der Waals surface area (Å²) >= 11 is 0. The molecule has 0 atom stereocenters. The van der Waals surface area contributed by atoms with Crippen molar-refractivity contribution in [2.75, 3.05) is 6.54 Å². The van der Waals surface area contributed by atoms with E-state index in [1.54, 1.807) is 0 Å². The van der Waals surface area contributed by atoms with Crippen LogP contribution in [0.3, 0.4) is 0 Å². The third-order valence-electron chi connectivity index (χ3n) is 4.55. The molecule has 1 aromatic carbocycles. The van der Waals surface area contributed by atoms with Crippen LogP contribution >= 0.6 is 0 Å². The number of ether oxygens (including phenoxy) is 1. The second kappa shape index (κ2) is 6.11. The largest absolute Gasteiger partial charge is 0.490 e. The minimum atomic E-state index is 0.0277. The van der Waals surface area contributed by atoms with Gasteiger partial charge in [0.15, 0.2) is 0 Å².